The van der Waals surface area contributed by atoms with Crippen molar-refractivity contribution in [3.05, 3.63) is 22.7 Å². The zero-order chi connectivity index (χ0) is 14.4. The van der Waals surface area contributed by atoms with Crippen LogP contribution in [0.3, 0.4) is 0 Å². The Bertz CT molecular complexity index is 478. The number of carbonyl (C=O) groups is 1. The van der Waals surface area contributed by atoms with Crippen LogP contribution in [0.2, 0.25) is 5.02 Å². The van der Waals surface area contributed by atoms with Crippen molar-refractivity contribution in [1.29, 1.82) is 0 Å². The van der Waals surface area contributed by atoms with Crippen molar-refractivity contribution < 1.29 is 19.0 Å². The van der Waals surface area contributed by atoms with Crippen LogP contribution in [-0.2, 0) is 15.3 Å². The third-order valence-electron chi connectivity index (χ3n) is 2.66. The highest BCUT2D eigenvalue weighted by atomic mass is 35.5. The van der Waals surface area contributed by atoms with Gasteiger partial charge >= 0.3 is 5.97 Å². The van der Waals surface area contributed by atoms with Crippen LogP contribution in [0.25, 0.3) is 0 Å². The Kier molecular flexibility index (Phi) is 5.86. The van der Waals surface area contributed by atoms with E-state index in [1.807, 2.05) is 12.1 Å². The van der Waals surface area contributed by atoms with Gasteiger partial charge in [0.15, 0.2) is 11.5 Å². The molecule has 0 amide bonds. The molecule has 0 spiro atoms. The van der Waals surface area contributed by atoms with Crippen LogP contribution in [0.5, 0.6) is 11.5 Å². The summed E-state index contributed by atoms with van der Waals surface area (Å²) in [6, 6.07) is 3.78. The van der Waals surface area contributed by atoms with Gasteiger partial charge in [0.05, 0.1) is 30.6 Å². The monoisotopic (exact) mass is 316 g/mol. The van der Waals surface area contributed by atoms with Gasteiger partial charge < -0.3 is 14.2 Å². The first-order valence-corrected chi connectivity index (χ1v) is 8.05. The van der Waals surface area contributed by atoms with Gasteiger partial charge in [0.25, 0.3) is 0 Å². The molecular weight excluding hydrogens is 300 g/mol. The quantitative estimate of drug-likeness (QED) is 0.780. The average molecular weight is 317 g/mol. The first-order valence-electron chi connectivity index (χ1n) is 6.52. The minimum Gasteiger partial charge on any atom is -0.489 e. The molecule has 0 saturated heterocycles. The number of hydrogen-bond donors (Lipinski definition) is 0. The van der Waals surface area contributed by atoms with Gasteiger partial charge in [-0.2, -0.15) is 0 Å². The first-order chi connectivity index (χ1) is 9.70. The number of hydrogen-bond acceptors (Lipinski definition) is 5. The van der Waals surface area contributed by atoms with E-state index in [9.17, 15) is 4.79 Å². The summed E-state index contributed by atoms with van der Waals surface area (Å²) in [5.41, 5.74) is 1.01. The Hall–Kier alpha value is -1.07. The summed E-state index contributed by atoms with van der Waals surface area (Å²) >= 11 is 7.69. The van der Waals surface area contributed by atoms with E-state index >= 15 is 0 Å². The van der Waals surface area contributed by atoms with Gasteiger partial charge in [0.2, 0.25) is 0 Å². The van der Waals surface area contributed by atoms with E-state index in [-0.39, 0.29) is 5.97 Å². The van der Waals surface area contributed by atoms with Crippen LogP contribution in [0.15, 0.2) is 12.1 Å². The Morgan fingerprint density at radius 3 is 3.00 bits per heavy atom. The number of ether oxygens (including phenoxy) is 3. The molecule has 20 heavy (non-hydrogen) atoms. The highest BCUT2D eigenvalue weighted by Gasteiger charge is 2.15. The first kappa shape index (κ1) is 15.3. The van der Waals surface area contributed by atoms with E-state index in [0.29, 0.717) is 47.8 Å². The van der Waals surface area contributed by atoms with Gasteiger partial charge in [-0.1, -0.05) is 11.6 Å². The minimum absolute atomic E-state index is 0.196. The zero-order valence-electron chi connectivity index (χ0n) is 11.3. The summed E-state index contributed by atoms with van der Waals surface area (Å²) in [4.78, 5) is 11.3. The Labute approximate surface area is 127 Å². The van der Waals surface area contributed by atoms with Crippen molar-refractivity contribution in [3.8, 4) is 11.5 Å². The summed E-state index contributed by atoms with van der Waals surface area (Å²) < 4.78 is 16.1. The fraction of sp³-hybridized carbons (Fsp3) is 0.500. The van der Waals surface area contributed by atoms with Gasteiger partial charge in [-0.3, -0.25) is 4.79 Å². The van der Waals surface area contributed by atoms with Crippen LogP contribution in [0.4, 0.5) is 0 Å². The Morgan fingerprint density at radius 2 is 2.20 bits per heavy atom. The molecular formula is C14H17ClO4S. The predicted octanol–water partition coefficient (Wildman–Crippen LogP) is 3.30. The second-order valence-corrected chi connectivity index (χ2v) is 5.65. The molecule has 0 aliphatic carbocycles. The lowest BCUT2D eigenvalue weighted by molar-refractivity contribution is -0.139. The van der Waals surface area contributed by atoms with Gasteiger partial charge in [0, 0.05) is 12.2 Å². The number of rotatable bonds is 5. The largest absolute Gasteiger partial charge is 0.489 e. The molecule has 1 aromatic rings. The third-order valence-corrected chi connectivity index (χ3v) is 3.91. The molecule has 6 heteroatoms. The van der Waals surface area contributed by atoms with E-state index in [0.717, 1.165) is 12.0 Å². The maximum Gasteiger partial charge on any atom is 0.315 e. The van der Waals surface area contributed by atoms with E-state index in [4.69, 9.17) is 25.8 Å². The van der Waals surface area contributed by atoms with Crippen LogP contribution in [0.1, 0.15) is 18.9 Å². The van der Waals surface area contributed by atoms with Crippen LogP contribution in [-0.4, -0.2) is 31.5 Å². The van der Waals surface area contributed by atoms with Crippen molar-refractivity contribution in [2.75, 3.05) is 25.6 Å². The SMILES string of the molecule is CCOC(=O)CSCc1cc(Cl)c2c(c1)OCCCO2. The van der Waals surface area contributed by atoms with Crippen molar-refractivity contribution in [1.82, 2.24) is 0 Å². The summed E-state index contributed by atoms with van der Waals surface area (Å²) in [7, 11) is 0. The van der Waals surface area contributed by atoms with Gasteiger partial charge in [-0.15, -0.1) is 11.8 Å². The molecule has 0 bridgehead atoms. The molecule has 0 N–H and O–H groups in total. The zero-order valence-corrected chi connectivity index (χ0v) is 12.9. The number of carbonyl (C=O) groups excluding carboxylic acids is 1. The van der Waals surface area contributed by atoms with E-state index in [2.05, 4.69) is 0 Å². The standard InChI is InChI=1S/C14H17ClO4S/c1-2-17-13(16)9-20-8-10-6-11(15)14-12(7-10)18-4-3-5-19-14/h6-7H,2-5,8-9H2,1H3. The Balaban J connectivity index is 1.97. The molecule has 1 aliphatic rings. The highest BCUT2D eigenvalue weighted by Crippen LogP contribution is 2.38. The summed E-state index contributed by atoms with van der Waals surface area (Å²) in [6.45, 7) is 3.45. The maximum atomic E-state index is 11.3. The summed E-state index contributed by atoms with van der Waals surface area (Å²) in [6.07, 6.45) is 0.845. The van der Waals surface area contributed by atoms with Crippen molar-refractivity contribution >= 4 is 29.3 Å². The molecule has 110 valence electrons. The van der Waals surface area contributed by atoms with Crippen LogP contribution >= 0.6 is 23.4 Å². The lowest BCUT2D eigenvalue weighted by Gasteiger charge is -2.11. The van der Waals surface area contributed by atoms with Crippen LogP contribution in [0, 0.1) is 0 Å². The fourth-order valence-corrected chi connectivity index (χ4v) is 2.86. The summed E-state index contributed by atoms with van der Waals surface area (Å²) in [5.74, 6) is 2.11. The molecule has 2 rings (SSSR count). The van der Waals surface area contributed by atoms with Gasteiger partial charge in [-0.05, 0) is 24.6 Å². The molecule has 4 nitrogen and oxygen atoms in total. The number of fused-ring (bicyclic) bond motifs is 1. The maximum absolute atomic E-state index is 11.3. The molecule has 0 radical (unpaired) electrons. The second-order valence-electron chi connectivity index (χ2n) is 4.25. The number of benzene rings is 1. The van der Waals surface area contributed by atoms with Crippen molar-refractivity contribution in [2.24, 2.45) is 0 Å². The van der Waals surface area contributed by atoms with Gasteiger partial charge in [0.1, 0.15) is 0 Å². The minimum atomic E-state index is -0.196. The number of halogens is 1. The third kappa shape index (κ3) is 4.21. The van der Waals surface area contributed by atoms with E-state index in [1.54, 1.807) is 6.92 Å². The normalized spacial score (nSPS) is 13.7. The molecule has 0 atom stereocenters. The van der Waals surface area contributed by atoms with E-state index < -0.39 is 0 Å². The topological polar surface area (TPSA) is 44.8 Å². The van der Waals surface area contributed by atoms with Crippen LogP contribution < -0.4 is 9.47 Å². The average Bonchev–Trinajstić information content (AvgIpc) is 2.64. The van der Waals surface area contributed by atoms with Crippen molar-refractivity contribution in [3.63, 3.8) is 0 Å². The predicted molar refractivity (Wildman–Crippen MR) is 79.9 cm³/mol. The highest BCUT2D eigenvalue weighted by molar-refractivity contribution is 7.99. The molecule has 1 aliphatic heterocycles. The fourth-order valence-electron chi connectivity index (χ4n) is 1.82. The number of esters is 1. The Morgan fingerprint density at radius 1 is 1.40 bits per heavy atom. The molecule has 0 saturated carbocycles. The van der Waals surface area contributed by atoms with E-state index in [1.165, 1.54) is 11.8 Å². The molecule has 0 unspecified atom stereocenters. The molecule has 1 heterocycles. The summed E-state index contributed by atoms with van der Waals surface area (Å²) in [5, 5.41) is 0.552. The lowest BCUT2D eigenvalue weighted by atomic mass is 10.2. The lowest BCUT2D eigenvalue weighted by Crippen LogP contribution is -2.06. The van der Waals surface area contributed by atoms with Gasteiger partial charge in [-0.25, -0.2) is 0 Å². The van der Waals surface area contributed by atoms with Crippen molar-refractivity contribution in [2.45, 2.75) is 19.1 Å². The smallest absolute Gasteiger partial charge is 0.315 e. The molecule has 1 aromatic carbocycles. The number of thioether (sulfide) groups is 1. The molecule has 0 aromatic heterocycles. The molecule has 0 fully saturated rings. The second kappa shape index (κ2) is 7.64.